The van der Waals surface area contributed by atoms with Crippen molar-refractivity contribution >= 4 is 11.5 Å². The van der Waals surface area contributed by atoms with Crippen LogP contribution in [0, 0.1) is 21.7 Å². The molecule has 3 rings (SSSR count). The lowest BCUT2D eigenvalue weighted by atomic mass is 10.0. The fourth-order valence-electron chi connectivity index (χ4n) is 2.78. The van der Waals surface area contributed by atoms with E-state index in [0.717, 1.165) is 23.8 Å². The molecule has 158 valence electrons. The lowest BCUT2D eigenvalue weighted by Crippen LogP contribution is -2.09. The third-order valence-corrected chi connectivity index (χ3v) is 4.28. The summed E-state index contributed by atoms with van der Waals surface area (Å²) in [5.41, 5.74) is -0.793. The van der Waals surface area contributed by atoms with E-state index in [0.29, 0.717) is 6.07 Å². The molecule has 0 spiro atoms. The summed E-state index contributed by atoms with van der Waals surface area (Å²) in [6.07, 6.45) is 1.34. The Morgan fingerprint density at radius 2 is 1.71 bits per heavy atom. The molecule has 0 saturated heterocycles. The second kappa shape index (κ2) is 9.62. The van der Waals surface area contributed by atoms with Crippen LogP contribution >= 0.6 is 0 Å². The van der Waals surface area contributed by atoms with Gasteiger partial charge in [-0.05, 0) is 23.8 Å². The van der Waals surface area contributed by atoms with E-state index in [4.69, 9.17) is 9.47 Å². The minimum atomic E-state index is -1.17. The van der Waals surface area contributed by atoms with Crippen LogP contribution in [0.2, 0.25) is 0 Å². The molecule has 3 aromatic carbocycles. The molecular formula is C23H17F2NO5. The molecule has 3 aromatic rings. The molecule has 6 nitrogen and oxygen atoms in total. The summed E-state index contributed by atoms with van der Waals surface area (Å²) in [6.45, 7) is 3.52. The summed E-state index contributed by atoms with van der Waals surface area (Å²) in [6, 6.07) is 14.2. The van der Waals surface area contributed by atoms with Crippen LogP contribution in [0.25, 0.3) is 0 Å². The van der Waals surface area contributed by atoms with Gasteiger partial charge < -0.3 is 9.47 Å². The maximum Gasteiger partial charge on any atom is 0.313 e. The van der Waals surface area contributed by atoms with Crippen LogP contribution in [0.15, 0.2) is 73.3 Å². The number of carbonyl (C=O) groups is 1. The minimum Gasteiger partial charge on any atom is -0.489 e. The van der Waals surface area contributed by atoms with Crippen LogP contribution in [0.4, 0.5) is 14.5 Å². The Hall–Kier alpha value is -4.07. The number of hydrogen-bond donors (Lipinski definition) is 0. The molecule has 0 unspecified atom stereocenters. The summed E-state index contributed by atoms with van der Waals surface area (Å²) in [5, 5.41) is 11.1. The first-order chi connectivity index (χ1) is 14.9. The highest BCUT2D eigenvalue weighted by atomic mass is 19.1. The van der Waals surface area contributed by atoms with Crippen molar-refractivity contribution in [1.82, 2.24) is 0 Å². The third kappa shape index (κ3) is 5.11. The lowest BCUT2D eigenvalue weighted by molar-refractivity contribution is -0.386. The van der Waals surface area contributed by atoms with E-state index < -0.39 is 39.2 Å². The molecule has 0 heterocycles. The Bertz CT molecular complexity index is 1130. The van der Waals surface area contributed by atoms with Crippen molar-refractivity contribution in [2.75, 3.05) is 6.61 Å². The van der Waals surface area contributed by atoms with Gasteiger partial charge in [0.1, 0.15) is 30.6 Å². The van der Waals surface area contributed by atoms with Gasteiger partial charge >= 0.3 is 5.69 Å². The number of ketones is 1. The summed E-state index contributed by atoms with van der Waals surface area (Å²) in [4.78, 5) is 23.1. The Labute approximate surface area is 176 Å². The van der Waals surface area contributed by atoms with Crippen molar-refractivity contribution in [2.45, 2.75) is 6.61 Å². The maximum atomic E-state index is 14.5. The number of halogens is 2. The average molecular weight is 425 g/mol. The number of nitrogens with zero attached hydrogens (tertiary/aromatic N) is 1. The van der Waals surface area contributed by atoms with Gasteiger partial charge in [-0.2, -0.15) is 0 Å². The fraction of sp³-hybridized carbons (Fsp3) is 0.0870. The topological polar surface area (TPSA) is 78.7 Å². The third-order valence-electron chi connectivity index (χ3n) is 4.28. The Kier molecular flexibility index (Phi) is 6.71. The monoisotopic (exact) mass is 425 g/mol. The van der Waals surface area contributed by atoms with E-state index in [9.17, 15) is 23.7 Å². The number of nitro benzene ring substituents is 1. The van der Waals surface area contributed by atoms with Gasteiger partial charge in [0.05, 0.1) is 22.1 Å². The Morgan fingerprint density at radius 3 is 2.39 bits per heavy atom. The smallest absolute Gasteiger partial charge is 0.313 e. The highest BCUT2D eigenvalue weighted by molar-refractivity contribution is 6.10. The lowest BCUT2D eigenvalue weighted by Gasteiger charge is -2.11. The maximum absolute atomic E-state index is 14.5. The molecule has 0 saturated carbocycles. The first kappa shape index (κ1) is 21.6. The van der Waals surface area contributed by atoms with Gasteiger partial charge in [-0.3, -0.25) is 14.9 Å². The number of rotatable bonds is 9. The van der Waals surface area contributed by atoms with Crippen LogP contribution in [-0.4, -0.2) is 17.3 Å². The molecule has 0 bridgehead atoms. The first-order valence-electron chi connectivity index (χ1n) is 9.13. The van der Waals surface area contributed by atoms with E-state index >= 15 is 0 Å². The molecule has 0 aliphatic heterocycles. The fourth-order valence-corrected chi connectivity index (χ4v) is 2.78. The SMILES string of the molecule is C=CCOc1cc(C(=O)c2cc(OCc3ccccc3)ccc2F)c(F)cc1[N+](=O)[O-]. The van der Waals surface area contributed by atoms with E-state index in [-0.39, 0.29) is 24.7 Å². The highest BCUT2D eigenvalue weighted by Crippen LogP contribution is 2.32. The van der Waals surface area contributed by atoms with Crippen molar-refractivity contribution in [2.24, 2.45) is 0 Å². The zero-order chi connectivity index (χ0) is 22.4. The molecule has 0 aromatic heterocycles. The van der Waals surface area contributed by atoms with Crippen molar-refractivity contribution in [3.63, 3.8) is 0 Å². The summed E-state index contributed by atoms with van der Waals surface area (Å²) in [5.74, 6) is -3.18. The Morgan fingerprint density at radius 1 is 1.00 bits per heavy atom. The second-order valence-electron chi connectivity index (χ2n) is 6.40. The summed E-state index contributed by atoms with van der Waals surface area (Å²) >= 11 is 0. The Balaban J connectivity index is 1.92. The minimum absolute atomic E-state index is 0.0999. The van der Waals surface area contributed by atoms with Gasteiger partial charge in [-0.15, -0.1) is 0 Å². The zero-order valence-corrected chi connectivity index (χ0v) is 16.2. The normalized spacial score (nSPS) is 10.4. The van der Waals surface area contributed by atoms with Crippen molar-refractivity contribution in [3.8, 4) is 11.5 Å². The number of carbonyl (C=O) groups excluding carboxylic acids is 1. The molecule has 0 aliphatic carbocycles. The molecule has 0 radical (unpaired) electrons. The van der Waals surface area contributed by atoms with E-state index in [1.165, 1.54) is 12.1 Å². The summed E-state index contributed by atoms with van der Waals surface area (Å²) < 4.78 is 39.6. The van der Waals surface area contributed by atoms with E-state index in [2.05, 4.69) is 6.58 Å². The van der Waals surface area contributed by atoms with Gasteiger partial charge in [0, 0.05) is 6.07 Å². The van der Waals surface area contributed by atoms with Gasteiger partial charge in [0.25, 0.3) is 0 Å². The predicted molar refractivity (Wildman–Crippen MR) is 109 cm³/mol. The van der Waals surface area contributed by atoms with Crippen LogP contribution in [0.1, 0.15) is 21.5 Å². The molecule has 0 atom stereocenters. The summed E-state index contributed by atoms with van der Waals surface area (Å²) in [7, 11) is 0. The quantitative estimate of drug-likeness (QED) is 0.203. The second-order valence-corrected chi connectivity index (χ2v) is 6.40. The number of hydrogen-bond acceptors (Lipinski definition) is 5. The number of ether oxygens (including phenoxy) is 2. The number of nitro groups is 1. The molecular weight excluding hydrogens is 408 g/mol. The van der Waals surface area contributed by atoms with Crippen LogP contribution in [-0.2, 0) is 6.61 Å². The molecule has 0 amide bonds. The van der Waals surface area contributed by atoms with Gasteiger partial charge in [0.2, 0.25) is 0 Å². The van der Waals surface area contributed by atoms with Gasteiger partial charge in [-0.25, -0.2) is 8.78 Å². The standard InChI is InChI=1S/C23H17F2NO5/c1-2-10-30-22-12-18(20(25)13-21(22)26(28)29)23(27)17-11-16(8-9-19(17)24)31-14-15-6-4-3-5-7-15/h2-9,11-13H,1,10,14H2. The predicted octanol–water partition coefficient (Wildman–Crippen LogP) is 5.25. The first-order valence-corrected chi connectivity index (χ1v) is 9.13. The molecule has 0 fully saturated rings. The van der Waals surface area contributed by atoms with Gasteiger partial charge in [0.15, 0.2) is 11.5 Å². The molecule has 31 heavy (non-hydrogen) atoms. The van der Waals surface area contributed by atoms with E-state index in [1.807, 2.05) is 30.3 Å². The van der Waals surface area contributed by atoms with E-state index in [1.54, 1.807) is 0 Å². The van der Waals surface area contributed by atoms with Crippen molar-refractivity contribution < 1.29 is 28.0 Å². The molecule has 0 N–H and O–H groups in total. The van der Waals surface area contributed by atoms with Crippen molar-refractivity contribution in [3.05, 3.63) is 112 Å². The van der Waals surface area contributed by atoms with Gasteiger partial charge in [-0.1, -0.05) is 43.0 Å². The highest BCUT2D eigenvalue weighted by Gasteiger charge is 2.25. The van der Waals surface area contributed by atoms with Crippen LogP contribution < -0.4 is 9.47 Å². The average Bonchev–Trinajstić information content (AvgIpc) is 2.77. The zero-order valence-electron chi connectivity index (χ0n) is 16.2. The van der Waals surface area contributed by atoms with Crippen molar-refractivity contribution in [1.29, 1.82) is 0 Å². The molecule has 0 aliphatic rings. The molecule has 8 heteroatoms. The largest absolute Gasteiger partial charge is 0.489 e. The van der Waals surface area contributed by atoms with Crippen LogP contribution in [0.5, 0.6) is 11.5 Å². The number of benzene rings is 3. The van der Waals surface area contributed by atoms with Crippen LogP contribution in [0.3, 0.4) is 0 Å².